The van der Waals surface area contributed by atoms with E-state index >= 15 is 0 Å². The van der Waals surface area contributed by atoms with Gasteiger partial charge in [-0.3, -0.25) is 9.59 Å². The Hall–Kier alpha value is -2.74. The second kappa shape index (κ2) is 8.10. The fraction of sp³-hybridized carbons (Fsp3) is 0.421. The molecule has 9 heteroatoms. The van der Waals surface area contributed by atoms with Crippen LogP contribution in [0.2, 0.25) is 5.02 Å². The van der Waals surface area contributed by atoms with E-state index in [0.717, 1.165) is 31.2 Å². The van der Waals surface area contributed by atoms with Gasteiger partial charge in [-0.05, 0) is 24.5 Å². The topological polar surface area (TPSA) is 106 Å². The fourth-order valence-electron chi connectivity index (χ4n) is 3.57. The van der Waals surface area contributed by atoms with Crippen LogP contribution in [0.15, 0.2) is 29.1 Å². The van der Waals surface area contributed by atoms with Crippen LogP contribution in [0.25, 0.3) is 11.2 Å². The van der Waals surface area contributed by atoms with Crippen LogP contribution < -0.4 is 10.9 Å². The van der Waals surface area contributed by atoms with Gasteiger partial charge in [-0.1, -0.05) is 54.3 Å². The molecule has 0 aliphatic heterocycles. The number of nitrogens with one attached hydrogen (secondary N) is 2. The van der Waals surface area contributed by atoms with Crippen molar-refractivity contribution in [2.24, 2.45) is 5.92 Å². The van der Waals surface area contributed by atoms with Crippen molar-refractivity contribution in [2.75, 3.05) is 0 Å². The molecule has 1 aliphatic carbocycles. The third-order valence-electron chi connectivity index (χ3n) is 5.11. The van der Waals surface area contributed by atoms with Gasteiger partial charge in [0.1, 0.15) is 5.82 Å². The zero-order chi connectivity index (χ0) is 19.5. The Morgan fingerprint density at radius 1 is 1.25 bits per heavy atom. The smallest absolute Gasteiger partial charge is 0.281 e. The first-order valence-electron chi connectivity index (χ1n) is 9.45. The number of amides is 1. The quantitative estimate of drug-likeness (QED) is 0.684. The zero-order valence-electron chi connectivity index (χ0n) is 15.3. The van der Waals surface area contributed by atoms with Gasteiger partial charge in [0.25, 0.3) is 5.56 Å². The van der Waals surface area contributed by atoms with E-state index in [0.29, 0.717) is 23.0 Å². The normalized spacial score (nSPS) is 15.0. The molecular weight excluding hydrogens is 380 g/mol. The molecule has 1 fully saturated rings. The van der Waals surface area contributed by atoms with Crippen molar-refractivity contribution < 1.29 is 4.79 Å². The van der Waals surface area contributed by atoms with Gasteiger partial charge in [-0.15, -0.1) is 5.10 Å². The second-order valence-corrected chi connectivity index (χ2v) is 7.48. The van der Waals surface area contributed by atoms with Crippen molar-refractivity contribution in [3.8, 4) is 0 Å². The summed E-state index contributed by atoms with van der Waals surface area (Å²) in [5, 5.41) is 11.5. The lowest BCUT2D eigenvalue weighted by Gasteiger charge is -2.20. The Morgan fingerprint density at radius 2 is 2.04 bits per heavy atom. The summed E-state index contributed by atoms with van der Waals surface area (Å²) in [6.07, 6.45) is 5.21. The monoisotopic (exact) mass is 400 g/mol. The van der Waals surface area contributed by atoms with Crippen LogP contribution in [-0.4, -0.2) is 30.9 Å². The molecule has 28 heavy (non-hydrogen) atoms. The van der Waals surface area contributed by atoms with Crippen molar-refractivity contribution in [3.05, 3.63) is 51.0 Å². The van der Waals surface area contributed by atoms with Crippen LogP contribution in [0.1, 0.15) is 43.5 Å². The minimum Gasteiger partial charge on any atom is -0.349 e. The lowest BCUT2D eigenvalue weighted by Crippen LogP contribution is -2.32. The molecule has 0 saturated heterocycles. The Labute approximate surface area is 166 Å². The first-order valence-corrected chi connectivity index (χ1v) is 9.83. The summed E-state index contributed by atoms with van der Waals surface area (Å²) < 4.78 is 1.54. The molecule has 2 N–H and O–H groups in total. The van der Waals surface area contributed by atoms with Crippen LogP contribution in [0.3, 0.4) is 0 Å². The number of aromatic nitrogens is 5. The van der Waals surface area contributed by atoms with Gasteiger partial charge in [-0.2, -0.15) is 0 Å². The molecule has 146 valence electrons. The standard InChI is InChI=1S/C19H21ClN6O2/c20-14-9-5-4-8-13(14)11-26-17-16(24-25-26)19(28)23-15(22-17)10-21-18(27)12-6-2-1-3-7-12/h4-5,8-9,12H,1-3,6-7,10-11H2,(H,21,27)(H,22,23,28). The van der Waals surface area contributed by atoms with E-state index in [1.807, 2.05) is 18.2 Å². The average molecular weight is 401 g/mol. The Bertz CT molecular complexity index is 1050. The van der Waals surface area contributed by atoms with Crippen LogP contribution in [0.5, 0.6) is 0 Å². The van der Waals surface area contributed by atoms with E-state index in [4.69, 9.17) is 11.6 Å². The summed E-state index contributed by atoms with van der Waals surface area (Å²) >= 11 is 6.22. The molecule has 1 amide bonds. The second-order valence-electron chi connectivity index (χ2n) is 7.08. The number of carbonyl (C=O) groups is 1. The molecule has 1 saturated carbocycles. The van der Waals surface area contributed by atoms with Gasteiger partial charge in [0.05, 0.1) is 13.1 Å². The van der Waals surface area contributed by atoms with E-state index in [1.165, 1.54) is 11.1 Å². The third-order valence-corrected chi connectivity index (χ3v) is 5.48. The van der Waals surface area contributed by atoms with Gasteiger partial charge in [0.15, 0.2) is 11.2 Å². The minimum absolute atomic E-state index is 0.0187. The molecule has 2 heterocycles. The number of carbonyl (C=O) groups excluding carboxylic acids is 1. The number of H-pyrrole nitrogens is 1. The molecule has 4 rings (SSSR count). The molecule has 1 aromatic carbocycles. The Kier molecular flexibility index (Phi) is 5.38. The fourth-order valence-corrected chi connectivity index (χ4v) is 3.77. The first-order chi connectivity index (χ1) is 13.6. The summed E-state index contributed by atoms with van der Waals surface area (Å²) in [6.45, 7) is 0.512. The molecule has 2 aromatic heterocycles. The summed E-state index contributed by atoms with van der Waals surface area (Å²) in [4.78, 5) is 31.8. The van der Waals surface area contributed by atoms with Gasteiger partial charge in [0.2, 0.25) is 5.91 Å². The number of halogens is 1. The highest BCUT2D eigenvalue weighted by atomic mass is 35.5. The average Bonchev–Trinajstić information content (AvgIpc) is 3.12. The van der Waals surface area contributed by atoms with E-state index in [1.54, 1.807) is 6.07 Å². The highest BCUT2D eigenvalue weighted by Crippen LogP contribution is 2.23. The maximum Gasteiger partial charge on any atom is 0.281 e. The molecule has 0 spiro atoms. The first kappa shape index (κ1) is 18.6. The van der Waals surface area contributed by atoms with Crippen molar-refractivity contribution >= 4 is 28.7 Å². The zero-order valence-corrected chi connectivity index (χ0v) is 16.1. The predicted octanol–water partition coefficient (Wildman–Crippen LogP) is 2.41. The van der Waals surface area contributed by atoms with Crippen LogP contribution in [0, 0.1) is 5.92 Å². The molecule has 0 bridgehead atoms. The maximum absolute atomic E-state index is 12.3. The van der Waals surface area contributed by atoms with E-state index in [2.05, 4.69) is 25.6 Å². The number of aromatic amines is 1. The molecule has 0 radical (unpaired) electrons. The largest absolute Gasteiger partial charge is 0.349 e. The number of fused-ring (bicyclic) bond motifs is 1. The van der Waals surface area contributed by atoms with Crippen LogP contribution in [0.4, 0.5) is 0 Å². The maximum atomic E-state index is 12.3. The van der Waals surface area contributed by atoms with Crippen LogP contribution in [-0.2, 0) is 17.9 Å². The summed E-state index contributed by atoms with van der Waals surface area (Å²) in [7, 11) is 0. The van der Waals surface area contributed by atoms with Gasteiger partial charge >= 0.3 is 0 Å². The predicted molar refractivity (Wildman–Crippen MR) is 105 cm³/mol. The van der Waals surface area contributed by atoms with Crippen molar-refractivity contribution in [1.82, 2.24) is 30.3 Å². The van der Waals surface area contributed by atoms with Crippen LogP contribution >= 0.6 is 11.6 Å². The lowest BCUT2D eigenvalue weighted by atomic mass is 9.89. The van der Waals surface area contributed by atoms with Gasteiger partial charge < -0.3 is 10.3 Å². The van der Waals surface area contributed by atoms with Gasteiger partial charge in [-0.25, -0.2) is 9.67 Å². The molecule has 1 aliphatic rings. The molecule has 0 unspecified atom stereocenters. The summed E-state index contributed by atoms with van der Waals surface area (Å²) in [5.41, 5.74) is 1.00. The highest BCUT2D eigenvalue weighted by molar-refractivity contribution is 6.31. The number of benzene rings is 1. The van der Waals surface area contributed by atoms with E-state index < -0.39 is 0 Å². The number of hydrogen-bond donors (Lipinski definition) is 2. The molecule has 0 atom stereocenters. The summed E-state index contributed by atoms with van der Waals surface area (Å²) in [6, 6.07) is 7.41. The number of hydrogen-bond acceptors (Lipinski definition) is 5. The van der Waals surface area contributed by atoms with Crippen molar-refractivity contribution in [1.29, 1.82) is 0 Å². The van der Waals surface area contributed by atoms with E-state index in [-0.39, 0.29) is 29.4 Å². The molecular formula is C19H21ClN6O2. The lowest BCUT2D eigenvalue weighted by molar-refractivity contribution is -0.126. The third kappa shape index (κ3) is 3.91. The number of rotatable bonds is 5. The minimum atomic E-state index is -0.377. The molecule has 3 aromatic rings. The van der Waals surface area contributed by atoms with Gasteiger partial charge in [0, 0.05) is 10.9 Å². The Morgan fingerprint density at radius 3 is 2.82 bits per heavy atom. The van der Waals surface area contributed by atoms with Crippen molar-refractivity contribution in [3.63, 3.8) is 0 Å². The SMILES string of the molecule is O=C(NCc1nc2c(nnn2Cc2ccccc2Cl)c(=O)[nH]1)C1CCCCC1. The highest BCUT2D eigenvalue weighted by Gasteiger charge is 2.21. The van der Waals surface area contributed by atoms with Crippen molar-refractivity contribution in [2.45, 2.75) is 45.2 Å². The molecule has 8 nitrogen and oxygen atoms in total. The van der Waals surface area contributed by atoms with E-state index in [9.17, 15) is 9.59 Å². The Balaban J connectivity index is 1.54. The number of nitrogens with zero attached hydrogens (tertiary/aromatic N) is 4. The summed E-state index contributed by atoms with van der Waals surface area (Å²) in [5.74, 6) is 0.450.